The zero-order chi connectivity index (χ0) is 14.6. The molecule has 0 atom stereocenters. The monoisotopic (exact) mass is 886 g/mol. The number of hydrogen-bond donors (Lipinski definition) is 0. The molecule has 0 aromatic heterocycles. The summed E-state index contributed by atoms with van der Waals surface area (Å²) in [6.07, 6.45) is 0. The van der Waals surface area contributed by atoms with E-state index in [1.54, 1.807) is 0 Å². The minimum atomic E-state index is 0. The second-order valence-corrected chi connectivity index (χ2v) is 5.69. The van der Waals surface area contributed by atoms with Gasteiger partial charge in [0.15, 0.2) is 0 Å². The van der Waals surface area contributed by atoms with E-state index in [2.05, 4.69) is 32.9 Å². The Morgan fingerprint density at radius 3 is 1.67 bits per heavy atom. The van der Waals surface area contributed by atoms with Crippen molar-refractivity contribution in [1.29, 1.82) is 0 Å². The van der Waals surface area contributed by atoms with Gasteiger partial charge in [-0.25, -0.2) is 0 Å². The van der Waals surface area contributed by atoms with Crippen molar-refractivity contribution in [1.82, 2.24) is 0 Å². The summed E-state index contributed by atoms with van der Waals surface area (Å²) in [5.74, 6) is 0.770. The van der Waals surface area contributed by atoms with Crippen LogP contribution < -0.4 is 5.36 Å². The van der Waals surface area contributed by atoms with Gasteiger partial charge in [-0.15, -0.1) is 5.36 Å². The van der Waals surface area contributed by atoms with Crippen molar-refractivity contribution in [3.05, 3.63) is 56.8 Å². The Labute approximate surface area is 338 Å². The molecule has 1 aliphatic carbocycles. The Bertz CT molecular complexity index is 893. The van der Waals surface area contributed by atoms with Crippen molar-refractivity contribution in [2.45, 2.75) is 34.6 Å². The molecule has 27 heavy (non-hydrogen) atoms. The molecule has 7 radical (unpaired) electrons. The number of nitrogens with zero attached hydrogens (tertiary/aromatic N) is 1. The van der Waals surface area contributed by atoms with Crippen LogP contribution in [0.1, 0.15) is 27.8 Å². The average molecular weight is 887 g/mol. The summed E-state index contributed by atoms with van der Waals surface area (Å²) >= 11 is 0. The average Bonchev–Trinajstić information content (AvgIpc) is 2.41. The molecule has 0 fully saturated rings. The molecule has 0 unspecified atom stereocenters. The topological polar surface area (TPSA) is 35.4 Å². The molecular weight excluding hydrogens is 869 g/mol. The van der Waals surface area contributed by atoms with E-state index in [0.717, 1.165) is 33.4 Å². The minimum Gasteiger partial charge on any atom is -0.803 e. The number of benzene rings is 2. The molecule has 1 aliphatic heterocycles. The van der Waals surface area contributed by atoms with E-state index in [9.17, 15) is 5.41 Å². The van der Waals surface area contributed by atoms with Crippen molar-refractivity contribution < 1.29 is 233 Å². The Kier molecular flexibility index (Phi) is 29.9. The molecule has 1 aromatic rings. The van der Waals surface area contributed by atoms with Crippen LogP contribution in [-0.4, -0.2) is 0 Å². The number of hydrogen-bond acceptors (Lipinski definition) is 1. The molecule has 2 aliphatic rings. The van der Waals surface area contributed by atoms with Gasteiger partial charge < -0.3 is 9.83 Å². The van der Waals surface area contributed by atoms with Gasteiger partial charge >= 0.3 is 0 Å². The third kappa shape index (κ3) is 9.66. The Morgan fingerprint density at radius 1 is 0.630 bits per heavy atom. The van der Waals surface area contributed by atoms with Gasteiger partial charge in [-0.3, -0.25) is 0 Å². The molecule has 1 aromatic carbocycles. The Hall–Kier alpha value is 5.64. The van der Waals surface area contributed by atoms with Crippen molar-refractivity contribution in [3.8, 4) is 11.3 Å². The van der Waals surface area contributed by atoms with E-state index in [0.29, 0.717) is 5.36 Å². The van der Waals surface area contributed by atoms with Gasteiger partial charge in [-0.05, 0) is 75.1 Å². The molecular formula is C18H18NOY7-. The maximum atomic E-state index is 10.1. The van der Waals surface area contributed by atoms with Crippen molar-refractivity contribution >= 4 is 11.0 Å². The van der Waals surface area contributed by atoms with Gasteiger partial charge in [0.2, 0.25) is 0 Å². The van der Waals surface area contributed by atoms with E-state index < -0.39 is 0 Å². The summed E-state index contributed by atoms with van der Waals surface area (Å²) in [5.41, 5.74) is 7.33. The van der Waals surface area contributed by atoms with Gasteiger partial charge in [-0.2, -0.15) is 0 Å². The summed E-state index contributed by atoms with van der Waals surface area (Å²) in [6, 6.07) is 6.29. The Morgan fingerprint density at radius 2 is 1.15 bits per heavy atom. The summed E-state index contributed by atoms with van der Waals surface area (Å²) in [7, 11) is 0. The van der Waals surface area contributed by atoms with Crippen LogP contribution in [0.5, 0.6) is 0 Å². The van der Waals surface area contributed by atoms with Crippen LogP contribution in [0.4, 0.5) is 0 Å². The molecule has 1 heterocycles. The van der Waals surface area contributed by atoms with Crippen LogP contribution in [0.3, 0.4) is 0 Å². The third-order valence-electron chi connectivity index (χ3n) is 4.35. The second-order valence-electron chi connectivity index (χ2n) is 5.69. The SMILES string of the molecule is Cc1cc2cc3cc(C)c(=[N-])c(C)c-3oc2c(C)c1C.[Y].[Y].[Y].[Y].[Y].[Y].[Y]. The molecule has 0 N–H and O–H groups in total. The molecule has 2 nitrogen and oxygen atoms in total. The summed E-state index contributed by atoms with van der Waals surface area (Å²) in [6.45, 7) is 10.1. The fourth-order valence-corrected chi connectivity index (χ4v) is 2.83. The molecule has 0 bridgehead atoms. The predicted molar refractivity (Wildman–Crippen MR) is 83.0 cm³/mol. The second kappa shape index (κ2) is 18.9. The molecule has 9 heteroatoms. The molecule has 0 saturated carbocycles. The first kappa shape index (κ1) is 42.8. The Balaban J connectivity index is -0.000000230. The quantitative estimate of drug-likeness (QED) is 0.306. The standard InChI is InChI=1S/C18H18NO.7Y/c1-9-6-14-8-15-7-10(2)16(19)13(5)18(15)20-17(14)12(4)11(9)3;;;;;;;/h6-8H,1-5H3;;;;;;;/q-1;;;;;;;. The van der Waals surface area contributed by atoms with Gasteiger partial charge in [0.25, 0.3) is 0 Å². The zero-order valence-corrected chi connectivity index (χ0v) is 36.5. The van der Waals surface area contributed by atoms with E-state index in [1.165, 1.54) is 16.7 Å². The molecule has 0 amide bonds. The number of rotatable bonds is 0. The molecule has 123 valence electrons. The van der Waals surface area contributed by atoms with Crippen molar-refractivity contribution in [2.24, 2.45) is 0 Å². The van der Waals surface area contributed by atoms with Crippen molar-refractivity contribution in [2.75, 3.05) is 0 Å². The predicted octanol–water partition coefficient (Wildman–Crippen LogP) is 4.53. The minimum absolute atomic E-state index is 0. The van der Waals surface area contributed by atoms with Crippen LogP contribution in [0, 0.1) is 34.6 Å². The number of fused-ring (bicyclic) bond motifs is 2. The molecule has 0 spiro atoms. The van der Waals surface area contributed by atoms with Gasteiger partial charge in [0.05, 0.1) is 0 Å². The summed E-state index contributed by atoms with van der Waals surface area (Å²) < 4.78 is 6.12. The van der Waals surface area contributed by atoms with E-state index in [4.69, 9.17) is 4.42 Å². The van der Waals surface area contributed by atoms with Crippen LogP contribution in [0.2, 0.25) is 0 Å². The van der Waals surface area contributed by atoms with E-state index >= 15 is 0 Å². The van der Waals surface area contributed by atoms with Crippen LogP contribution in [0.25, 0.3) is 27.7 Å². The maximum absolute atomic E-state index is 10.1. The van der Waals surface area contributed by atoms with Gasteiger partial charge in [0.1, 0.15) is 11.3 Å². The first-order valence-electron chi connectivity index (χ1n) is 6.86. The van der Waals surface area contributed by atoms with Crippen molar-refractivity contribution in [3.63, 3.8) is 0 Å². The van der Waals surface area contributed by atoms with Gasteiger partial charge in [0, 0.05) is 240 Å². The van der Waals surface area contributed by atoms with E-state index in [1.807, 2.05) is 19.9 Å². The van der Waals surface area contributed by atoms with Crippen LogP contribution in [0.15, 0.2) is 22.6 Å². The fraction of sp³-hybridized carbons (Fsp3) is 0.278. The van der Waals surface area contributed by atoms with Crippen LogP contribution in [-0.2, 0) is 229 Å². The van der Waals surface area contributed by atoms with Gasteiger partial charge in [-0.1, -0.05) is 5.56 Å². The zero-order valence-electron chi connectivity index (χ0n) is 16.6. The summed E-state index contributed by atoms with van der Waals surface area (Å²) in [5, 5.41) is 11.5. The third-order valence-corrected chi connectivity index (χ3v) is 4.35. The normalized spacial score (nSPS) is 8.48. The first-order valence-corrected chi connectivity index (χ1v) is 6.86. The number of aryl methyl sites for hydroxylation is 3. The fourth-order valence-electron chi connectivity index (χ4n) is 2.83. The molecule has 3 rings (SSSR count). The molecule has 0 saturated heterocycles. The maximum Gasteiger partial charge on any atom is 0.137 e. The van der Waals surface area contributed by atoms with Crippen LogP contribution >= 0.6 is 0 Å². The van der Waals surface area contributed by atoms with E-state index in [-0.39, 0.29) is 229 Å². The summed E-state index contributed by atoms with van der Waals surface area (Å²) in [4.78, 5) is 0. The first-order chi connectivity index (χ1) is 9.40. The largest absolute Gasteiger partial charge is 0.803 e. The smallest absolute Gasteiger partial charge is 0.137 e.